The van der Waals surface area contributed by atoms with E-state index in [2.05, 4.69) is 24.3 Å². The van der Waals surface area contributed by atoms with E-state index >= 15 is 0 Å². The molecule has 0 radical (unpaired) electrons. The second-order valence-corrected chi connectivity index (χ2v) is 7.49. The lowest BCUT2D eigenvalue weighted by Gasteiger charge is -2.33. The molecular weight excluding hydrogens is 330 g/mol. The van der Waals surface area contributed by atoms with Gasteiger partial charge in [0.2, 0.25) is 11.8 Å². The summed E-state index contributed by atoms with van der Waals surface area (Å²) in [7, 11) is 1.64. The van der Waals surface area contributed by atoms with Crippen LogP contribution in [0.2, 0.25) is 0 Å². The molecule has 2 heterocycles. The minimum absolute atomic E-state index is 0.0254. The molecule has 1 aromatic carbocycles. The van der Waals surface area contributed by atoms with Gasteiger partial charge < -0.3 is 19.4 Å². The fourth-order valence-electron chi connectivity index (χ4n) is 4.02. The lowest BCUT2D eigenvalue weighted by molar-refractivity contribution is -0.917. The Morgan fingerprint density at radius 2 is 1.96 bits per heavy atom. The van der Waals surface area contributed by atoms with Crippen LogP contribution < -0.4 is 4.90 Å². The molecule has 2 aliphatic rings. The summed E-state index contributed by atoms with van der Waals surface area (Å²) in [4.78, 5) is 30.3. The van der Waals surface area contributed by atoms with Crippen LogP contribution in [0.5, 0.6) is 0 Å². The summed E-state index contributed by atoms with van der Waals surface area (Å²) in [6.07, 6.45) is 0.337. The second-order valence-electron chi connectivity index (χ2n) is 7.49. The molecular formula is C20H30N3O3+. The Labute approximate surface area is 155 Å². The summed E-state index contributed by atoms with van der Waals surface area (Å²) in [5, 5.41) is 0. The Hall–Kier alpha value is -1.92. The monoisotopic (exact) mass is 360 g/mol. The SMILES string of the molecule is COC[C@H](C)N1C[C@H](C(=O)N2CC[NH+](Cc3ccccc3)CC2)CC1=O. The number of methoxy groups -OCH3 is 1. The Balaban J connectivity index is 1.49. The molecule has 26 heavy (non-hydrogen) atoms. The number of ether oxygens (including phenoxy) is 1. The normalized spacial score (nSPS) is 22.7. The zero-order valence-electron chi connectivity index (χ0n) is 15.8. The van der Waals surface area contributed by atoms with Crippen molar-refractivity contribution in [2.75, 3.05) is 46.4 Å². The molecule has 0 aliphatic carbocycles. The third kappa shape index (κ3) is 4.43. The average Bonchev–Trinajstić information content (AvgIpc) is 3.05. The number of piperazine rings is 1. The highest BCUT2D eigenvalue weighted by atomic mass is 16.5. The molecule has 6 heteroatoms. The molecule has 0 saturated carbocycles. The maximum Gasteiger partial charge on any atom is 0.228 e. The zero-order chi connectivity index (χ0) is 18.5. The fraction of sp³-hybridized carbons (Fsp3) is 0.600. The van der Waals surface area contributed by atoms with E-state index in [0.29, 0.717) is 19.6 Å². The fourth-order valence-corrected chi connectivity index (χ4v) is 4.02. The lowest BCUT2D eigenvalue weighted by atomic mass is 10.1. The molecule has 2 aliphatic heterocycles. The topological polar surface area (TPSA) is 54.3 Å². The van der Waals surface area contributed by atoms with Crippen molar-refractivity contribution in [1.82, 2.24) is 9.80 Å². The highest BCUT2D eigenvalue weighted by Gasteiger charge is 2.39. The maximum atomic E-state index is 12.8. The second kappa shape index (κ2) is 8.64. The molecule has 0 bridgehead atoms. The quantitative estimate of drug-likeness (QED) is 0.764. The molecule has 2 atom stereocenters. The summed E-state index contributed by atoms with van der Waals surface area (Å²) in [5.41, 5.74) is 1.34. The largest absolute Gasteiger partial charge is 0.383 e. The van der Waals surface area contributed by atoms with Crippen LogP contribution in [-0.4, -0.2) is 74.1 Å². The predicted octanol–water partition coefficient (Wildman–Crippen LogP) is -0.203. The third-order valence-electron chi connectivity index (χ3n) is 5.53. The van der Waals surface area contributed by atoms with Crippen LogP contribution in [0.1, 0.15) is 18.9 Å². The molecule has 2 amide bonds. The smallest absolute Gasteiger partial charge is 0.228 e. The molecule has 1 N–H and O–H groups in total. The third-order valence-corrected chi connectivity index (χ3v) is 5.53. The van der Waals surface area contributed by atoms with Gasteiger partial charge in [-0.05, 0) is 6.92 Å². The van der Waals surface area contributed by atoms with Crippen LogP contribution in [-0.2, 0) is 20.9 Å². The number of nitrogens with zero attached hydrogens (tertiary/aromatic N) is 2. The summed E-state index contributed by atoms with van der Waals surface area (Å²) >= 11 is 0. The van der Waals surface area contributed by atoms with E-state index in [4.69, 9.17) is 4.74 Å². The Morgan fingerprint density at radius 1 is 1.27 bits per heavy atom. The number of carbonyl (C=O) groups excluding carboxylic acids is 2. The first-order chi connectivity index (χ1) is 12.6. The van der Waals surface area contributed by atoms with Crippen molar-refractivity contribution in [3.05, 3.63) is 35.9 Å². The van der Waals surface area contributed by atoms with Gasteiger partial charge in [-0.1, -0.05) is 30.3 Å². The molecule has 2 saturated heterocycles. The van der Waals surface area contributed by atoms with Gasteiger partial charge in [-0.25, -0.2) is 0 Å². The van der Waals surface area contributed by atoms with Crippen molar-refractivity contribution >= 4 is 11.8 Å². The van der Waals surface area contributed by atoms with E-state index in [1.54, 1.807) is 12.0 Å². The van der Waals surface area contributed by atoms with Crippen molar-refractivity contribution in [3.63, 3.8) is 0 Å². The molecule has 6 nitrogen and oxygen atoms in total. The highest BCUT2D eigenvalue weighted by Crippen LogP contribution is 2.22. The average molecular weight is 360 g/mol. The number of benzene rings is 1. The Bertz CT molecular complexity index is 614. The van der Waals surface area contributed by atoms with Crippen LogP contribution >= 0.6 is 0 Å². The number of amides is 2. The minimum atomic E-state index is -0.197. The Kier molecular flexibility index (Phi) is 6.27. The standard InChI is InChI=1S/C20H29N3O3/c1-16(15-26-2)23-14-18(12-19(23)24)20(25)22-10-8-21(9-11-22)13-17-6-4-3-5-7-17/h3-7,16,18H,8-15H2,1-2H3/p+1/t16-,18+/m0/s1. The number of quaternary nitrogens is 1. The molecule has 0 unspecified atom stereocenters. The summed E-state index contributed by atoms with van der Waals surface area (Å²) in [6.45, 7) is 7.50. The van der Waals surface area contributed by atoms with Gasteiger partial charge in [0.1, 0.15) is 6.54 Å². The van der Waals surface area contributed by atoms with Gasteiger partial charge in [-0.3, -0.25) is 9.59 Å². The molecule has 142 valence electrons. The Morgan fingerprint density at radius 3 is 2.62 bits per heavy atom. The van der Waals surface area contributed by atoms with Crippen LogP contribution in [0.25, 0.3) is 0 Å². The zero-order valence-corrected chi connectivity index (χ0v) is 15.8. The number of hydrogen-bond acceptors (Lipinski definition) is 3. The van der Waals surface area contributed by atoms with Gasteiger partial charge in [0, 0.05) is 25.6 Å². The number of rotatable bonds is 6. The van der Waals surface area contributed by atoms with Crippen molar-refractivity contribution in [2.45, 2.75) is 25.9 Å². The van der Waals surface area contributed by atoms with Gasteiger partial charge in [-0.2, -0.15) is 0 Å². The van der Waals surface area contributed by atoms with Gasteiger partial charge in [0.05, 0.1) is 44.7 Å². The van der Waals surface area contributed by atoms with Gasteiger partial charge >= 0.3 is 0 Å². The molecule has 0 spiro atoms. The van der Waals surface area contributed by atoms with Crippen LogP contribution in [0.4, 0.5) is 0 Å². The van der Waals surface area contributed by atoms with Crippen LogP contribution in [0.15, 0.2) is 30.3 Å². The first-order valence-corrected chi connectivity index (χ1v) is 9.53. The molecule has 0 aromatic heterocycles. The predicted molar refractivity (Wildman–Crippen MR) is 98.6 cm³/mol. The molecule has 2 fully saturated rings. The van der Waals surface area contributed by atoms with Gasteiger partial charge in [0.15, 0.2) is 0 Å². The highest BCUT2D eigenvalue weighted by molar-refractivity contribution is 5.89. The van der Waals surface area contributed by atoms with Gasteiger partial charge in [0.25, 0.3) is 0 Å². The minimum Gasteiger partial charge on any atom is -0.383 e. The van der Waals surface area contributed by atoms with E-state index in [0.717, 1.165) is 32.7 Å². The summed E-state index contributed by atoms with van der Waals surface area (Å²) in [6, 6.07) is 10.5. The lowest BCUT2D eigenvalue weighted by Crippen LogP contribution is -3.13. The van der Waals surface area contributed by atoms with Crippen molar-refractivity contribution in [2.24, 2.45) is 5.92 Å². The van der Waals surface area contributed by atoms with E-state index in [1.807, 2.05) is 17.9 Å². The number of hydrogen-bond donors (Lipinski definition) is 1. The molecule has 1 aromatic rings. The van der Waals surface area contributed by atoms with Crippen molar-refractivity contribution in [1.29, 1.82) is 0 Å². The maximum absolute atomic E-state index is 12.8. The number of nitrogens with one attached hydrogen (secondary N) is 1. The van der Waals surface area contributed by atoms with E-state index in [-0.39, 0.29) is 23.8 Å². The van der Waals surface area contributed by atoms with Gasteiger partial charge in [-0.15, -0.1) is 0 Å². The number of likely N-dealkylation sites (tertiary alicyclic amines) is 1. The summed E-state index contributed by atoms with van der Waals surface area (Å²) < 4.78 is 5.15. The van der Waals surface area contributed by atoms with Crippen LogP contribution in [0, 0.1) is 5.92 Å². The number of carbonyl (C=O) groups is 2. The first kappa shape index (κ1) is 18.9. The van der Waals surface area contributed by atoms with Crippen LogP contribution in [0.3, 0.4) is 0 Å². The van der Waals surface area contributed by atoms with E-state index in [1.165, 1.54) is 10.5 Å². The molecule has 3 rings (SSSR count). The van der Waals surface area contributed by atoms with Crippen molar-refractivity contribution < 1.29 is 19.2 Å². The first-order valence-electron chi connectivity index (χ1n) is 9.53. The van der Waals surface area contributed by atoms with E-state index in [9.17, 15) is 9.59 Å². The summed E-state index contributed by atoms with van der Waals surface area (Å²) in [5.74, 6) is 0.0166. The van der Waals surface area contributed by atoms with E-state index < -0.39 is 0 Å². The van der Waals surface area contributed by atoms with Crippen molar-refractivity contribution in [3.8, 4) is 0 Å².